The normalized spacial score (nSPS) is 10.3. The highest BCUT2D eigenvalue weighted by atomic mass is 32.1. The largest absolute Gasteiger partial charge is 0.361 e. The van der Waals surface area contributed by atoms with Gasteiger partial charge in [-0.1, -0.05) is 17.3 Å². The van der Waals surface area contributed by atoms with Gasteiger partial charge in [-0.25, -0.2) is 4.39 Å². The Morgan fingerprint density at radius 1 is 1.25 bits per heavy atom. The van der Waals surface area contributed by atoms with Crippen molar-refractivity contribution in [2.75, 3.05) is 0 Å². The predicted molar refractivity (Wildman–Crippen MR) is 91.4 cm³/mol. The van der Waals surface area contributed by atoms with Crippen molar-refractivity contribution in [1.29, 1.82) is 0 Å². The van der Waals surface area contributed by atoms with Gasteiger partial charge in [0, 0.05) is 18.5 Å². The third-order valence-corrected chi connectivity index (χ3v) is 3.71. The van der Waals surface area contributed by atoms with Crippen molar-refractivity contribution in [2.24, 2.45) is 0 Å². The SMILES string of the molecule is Cc1noc(C)c1CCC(=O)NNC(=S)NCc1ccc(F)cc1. The number of aromatic nitrogens is 1. The molecular formula is C16H19FN4O2S. The number of benzene rings is 1. The summed E-state index contributed by atoms with van der Waals surface area (Å²) in [5, 5.41) is 7.05. The van der Waals surface area contributed by atoms with Crippen LogP contribution in [0.3, 0.4) is 0 Å². The fourth-order valence-electron chi connectivity index (χ4n) is 2.12. The molecule has 0 spiro atoms. The van der Waals surface area contributed by atoms with Crippen LogP contribution in [0.1, 0.15) is 29.0 Å². The van der Waals surface area contributed by atoms with Gasteiger partial charge in [0.15, 0.2) is 5.11 Å². The second-order valence-corrected chi connectivity index (χ2v) is 5.69. The molecular weight excluding hydrogens is 331 g/mol. The van der Waals surface area contributed by atoms with Gasteiger partial charge in [-0.2, -0.15) is 0 Å². The second-order valence-electron chi connectivity index (χ2n) is 5.29. The lowest BCUT2D eigenvalue weighted by Crippen LogP contribution is -2.46. The van der Waals surface area contributed by atoms with E-state index in [0.717, 1.165) is 22.6 Å². The molecule has 0 fully saturated rings. The molecule has 0 aliphatic rings. The third kappa shape index (κ3) is 5.31. The molecule has 3 N–H and O–H groups in total. The minimum Gasteiger partial charge on any atom is -0.361 e. The minimum atomic E-state index is -0.287. The number of rotatable bonds is 5. The van der Waals surface area contributed by atoms with Gasteiger partial charge in [0.2, 0.25) is 5.91 Å². The number of hydrazine groups is 1. The number of aryl methyl sites for hydroxylation is 2. The molecule has 24 heavy (non-hydrogen) atoms. The molecule has 128 valence electrons. The average molecular weight is 350 g/mol. The van der Waals surface area contributed by atoms with Crippen molar-refractivity contribution >= 4 is 23.2 Å². The van der Waals surface area contributed by atoms with Crippen LogP contribution in [0.2, 0.25) is 0 Å². The summed E-state index contributed by atoms with van der Waals surface area (Å²) in [6.45, 7) is 4.09. The standard InChI is InChI=1S/C16H19FN4O2S/c1-10-14(11(2)23-21-10)7-8-15(22)19-20-16(24)18-9-12-3-5-13(17)6-4-12/h3-6H,7-9H2,1-2H3,(H,19,22)(H2,18,20,24). The van der Waals surface area contributed by atoms with Crippen LogP contribution in [0, 0.1) is 19.7 Å². The van der Waals surface area contributed by atoms with Crippen LogP contribution in [0.15, 0.2) is 28.8 Å². The maximum Gasteiger partial charge on any atom is 0.238 e. The fourth-order valence-corrected chi connectivity index (χ4v) is 2.24. The Balaban J connectivity index is 1.67. The molecule has 0 aliphatic carbocycles. The fraction of sp³-hybridized carbons (Fsp3) is 0.312. The van der Waals surface area contributed by atoms with Crippen LogP contribution in [-0.2, 0) is 17.8 Å². The van der Waals surface area contributed by atoms with E-state index in [1.807, 2.05) is 13.8 Å². The lowest BCUT2D eigenvalue weighted by atomic mass is 10.1. The Labute approximate surface area is 144 Å². The van der Waals surface area contributed by atoms with Gasteiger partial charge >= 0.3 is 0 Å². The van der Waals surface area contributed by atoms with Crippen LogP contribution >= 0.6 is 12.2 Å². The molecule has 0 saturated carbocycles. The van der Waals surface area contributed by atoms with E-state index < -0.39 is 0 Å². The summed E-state index contributed by atoms with van der Waals surface area (Å²) in [4.78, 5) is 11.8. The first-order chi connectivity index (χ1) is 11.5. The van der Waals surface area contributed by atoms with Crippen LogP contribution in [0.4, 0.5) is 4.39 Å². The molecule has 0 radical (unpaired) electrons. The summed E-state index contributed by atoms with van der Waals surface area (Å²) < 4.78 is 17.9. The van der Waals surface area contributed by atoms with Gasteiger partial charge < -0.3 is 9.84 Å². The number of hydrogen-bond acceptors (Lipinski definition) is 4. The van der Waals surface area contributed by atoms with Crippen molar-refractivity contribution in [2.45, 2.75) is 33.2 Å². The maximum absolute atomic E-state index is 12.8. The predicted octanol–water partition coefficient (Wildman–Crippen LogP) is 2.06. The van der Waals surface area contributed by atoms with E-state index in [1.54, 1.807) is 12.1 Å². The summed E-state index contributed by atoms with van der Waals surface area (Å²) in [5.74, 6) is 0.246. The minimum absolute atomic E-state index is 0.194. The van der Waals surface area contributed by atoms with Crippen molar-refractivity contribution < 1.29 is 13.7 Å². The van der Waals surface area contributed by atoms with E-state index in [1.165, 1.54) is 12.1 Å². The molecule has 1 amide bonds. The Hall–Kier alpha value is -2.48. The molecule has 0 unspecified atom stereocenters. The molecule has 1 heterocycles. The van der Waals surface area contributed by atoms with E-state index in [9.17, 15) is 9.18 Å². The van der Waals surface area contributed by atoms with E-state index in [4.69, 9.17) is 16.7 Å². The monoisotopic (exact) mass is 350 g/mol. The smallest absolute Gasteiger partial charge is 0.238 e. The van der Waals surface area contributed by atoms with Crippen molar-refractivity contribution in [1.82, 2.24) is 21.3 Å². The molecule has 2 aromatic rings. The first-order valence-corrected chi connectivity index (χ1v) is 7.85. The number of carbonyl (C=O) groups excluding carboxylic acids is 1. The molecule has 1 aromatic heterocycles. The van der Waals surface area contributed by atoms with Gasteiger partial charge in [-0.15, -0.1) is 0 Å². The summed E-state index contributed by atoms with van der Waals surface area (Å²) in [6, 6.07) is 6.08. The van der Waals surface area contributed by atoms with E-state index in [2.05, 4.69) is 21.3 Å². The van der Waals surface area contributed by atoms with Crippen LogP contribution in [-0.4, -0.2) is 16.2 Å². The molecule has 0 saturated heterocycles. The van der Waals surface area contributed by atoms with Gasteiger partial charge in [0.25, 0.3) is 0 Å². The van der Waals surface area contributed by atoms with E-state index in [-0.39, 0.29) is 23.3 Å². The molecule has 8 heteroatoms. The van der Waals surface area contributed by atoms with Crippen molar-refractivity contribution in [3.63, 3.8) is 0 Å². The summed E-state index contributed by atoms with van der Waals surface area (Å²) in [7, 11) is 0. The Kier molecular flexibility index (Phi) is 6.25. The highest BCUT2D eigenvalue weighted by molar-refractivity contribution is 7.80. The Morgan fingerprint density at radius 3 is 2.58 bits per heavy atom. The topological polar surface area (TPSA) is 79.2 Å². The number of carbonyl (C=O) groups is 1. The zero-order valence-electron chi connectivity index (χ0n) is 13.5. The van der Waals surface area contributed by atoms with Crippen molar-refractivity contribution in [3.05, 3.63) is 52.7 Å². The Bertz CT molecular complexity index is 696. The van der Waals surface area contributed by atoms with E-state index in [0.29, 0.717) is 13.0 Å². The molecule has 0 atom stereocenters. The average Bonchev–Trinajstić information content (AvgIpc) is 2.89. The zero-order valence-corrected chi connectivity index (χ0v) is 14.3. The first kappa shape index (κ1) is 17.9. The lowest BCUT2D eigenvalue weighted by molar-refractivity contribution is -0.121. The van der Waals surface area contributed by atoms with Gasteiger partial charge in [0.1, 0.15) is 11.6 Å². The van der Waals surface area contributed by atoms with Crippen LogP contribution < -0.4 is 16.2 Å². The number of nitrogens with zero attached hydrogens (tertiary/aromatic N) is 1. The maximum atomic E-state index is 12.8. The quantitative estimate of drug-likeness (QED) is 0.566. The Morgan fingerprint density at radius 2 is 1.96 bits per heavy atom. The highest BCUT2D eigenvalue weighted by Crippen LogP contribution is 2.13. The molecule has 2 rings (SSSR count). The molecule has 6 nitrogen and oxygen atoms in total. The second kappa shape index (κ2) is 8.39. The van der Waals surface area contributed by atoms with Crippen molar-refractivity contribution in [3.8, 4) is 0 Å². The van der Waals surface area contributed by atoms with E-state index >= 15 is 0 Å². The first-order valence-electron chi connectivity index (χ1n) is 7.44. The molecule has 1 aromatic carbocycles. The molecule has 0 bridgehead atoms. The third-order valence-electron chi connectivity index (χ3n) is 3.47. The number of halogens is 1. The number of thiocarbonyl (C=S) groups is 1. The van der Waals surface area contributed by atoms with Gasteiger partial charge in [-0.3, -0.25) is 15.6 Å². The van der Waals surface area contributed by atoms with Crippen LogP contribution in [0.5, 0.6) is 0 Å². The lowest BCUT2D eigenvalue weighted by Gasteiger charge is -2.11. The summed E-state index contributed by atoms with van der Waals surface area (Å²) in [6.07, 6.45) is 0.834. The number of hydrogen-bond donors (Lipinski definition) is 3. The van der Waals surface area contributed by atoms with Gasteiger partial charge in [0.05, 0.1) is 5.69 Å². The molecule has 0 aliphatic heterocycles. The van der Waals surface area contributed by atoms with Crippen LogP contribution in [0.25, 0.3) is 0 Å². The zero-order chi connectivity index (χ0) is 17.5. The number of amides is 1. The van der Waals surface area contributed by atoms with Gasteiger partial charge in [-0.05, 0) is 50.2 Å². The summed E-state index contributed by atoms with van der Waals surface area (Å²) >= 11 is 5.07. The summed E-state index contributed by atoms with van der Waals surface area (Å²) in [5.41, 5.74) is 7.78. The number of nitrogens with one attached hydrogen (secondary N) is 3. The highest BCUT2D eigenvalue weighted by Gasteiger charge is 2.11.